The van der Waals surface area contributed by atoms with E-state index < -0.39 is 10.8 Å². The van der Waals surface area contributed by atoms with E-state index in [1.807, 2.05) is 0 Å². The van der Waals surface area contributed by atoms with Crippen molar-refractivity contribution < 1.29 is 19.2 Å². The topological polar surface area (TPSA) is 125 Å². The first kappa shape index (κ1) is 16.9. The number of primary amides is 1. The van der Waals surface area contributed by atoms with Crippen LogP contribution in [0, 0.1) is 10.1 Å². The van der Waals surface area contributed by atoms with E-state index in [2.05, 4.69) is 5.32 Å². The number of anilines is 1. The average Bonchev–Trinajstić information content (AvgIpc) is 2.54. The molecule has 0 aliphatic rings. The molecule has 0 fully saturated rings. The van der Waals surface area contributed by atoms with Crippen LogP contribution in [0.5, 0.6) is 5.75 Å². The highest BCUT2D eigenvalue weighted by Gasteiger charge is 2.15. The monoisotopic (exact) mass is 329 g/mol. The fraction of sp³-hybridized carbons (Fsp3) is 0.125. The predicted octanol–water partition coefficient (Wildman–Crippen LogP) is 1.64. The van der Waals surface area contributed by atoms with Gasteiger partial charge in [0.25, 0.3) is 11.6 Å². The molecule has 0 aliphatic carbocycles. The molecule has 0 aliphatic heterocycles. The molecular formula is C16H15N3O5. The molecule has 2 rings (SSSR count). The number of ether oxygens (including phenoxy) is 1. The van der Waals surface area contributed by atoms with Crippen LogP contribution in [-0.2, 0) is 16.0 Å². The SMILES string of the molecule is NC(=O)COc1ccc(NC(=O)Cc2ccccc2[N+](=O)[O-])cc1. The van der Waals surface area contributed by atoms with Crippen molar-refractivity contribution in [1.29, 1.82) is 0 Å². The summed E-state index contributed by atoms with van der Waals surface area (Å²) in [5.41, 5.74) is 5.72. The van der Waals surface area contributed by atoms with Gasteiger partial charge in [-0.1, -0.05) is 18.2 Å². The Morgan fingerprint density at radius 1 is 1.12 bits per heavy atom. The van der Waals surface area contributed by atoms with E-state index in [1.165, 1.54) is 6.07 Å². The molecule has 0 bridgehead atoms. The molecule has 124 valence electrons. The molecule has 2 aromatic carbocycles. The summed E-state index contributed by atoms with van der Waals surface area (Å²) in [7, 11) is 0. The summed E-state index contributed by atoms with van der Waals surface area (Å²) < 4.78 is 5.10. The molecule has 3 N–H and O–H groups in total. The summed E-state index contributed by atoms with van der Waals surface area (Å²) in [6.45, 7) is -0.233. The lowest BCUT2D eigenvalue weighted by atomic mass is 10.1. The number of carbonyl (C=O) groups excluding carboxylic acids is 2. The predicted molar refractivity (Wildman–Crippen MR) is 86.6 cm³/mol. The van der Waals surface area contributed by atoms with Crippen molar-refractivity contribution in [3.63, 3.8) is 0 Å². The van der Waals surface area contributed by atoms with Crippen LogP contribution in [0.3, 0.4) is 0 Å². The van der Waals surface area contributed by atoms with Gasteiger partial charge in [0.1, 0.15) is 5.75 Å². The summed E-state index contributed by atoms with van der Waals surface area (Å²) in [4.78, 5) is 33.1. The number of benzene rings is 2. The third-order valence-electron chi connectivity index (χ3n) is 3.06. The number of nitrogens with one attached hydrogen (secondary N) is 1. The van der Waals surface area contributed by atoms with Gasteiger partial charge in [0.05, 0.1) is 11.3 Å². The Kier molecular flexibility index (Phi) is 5.45. The Morgan fingerprint density at radius 3 is 2.42 bits per heavy atom. The van der Waals surface area contributed by atoms with Gasteiger partial charge in [-0.15, -0.1) is 0 Å². The van der Waals surface area contributed by atoms with Gasteiger partial charge in [-0.25, -0.2) is 0 Å². The minimum atomic E-state index is -0.586. The number of nitrogens with two attached hydrogens (primary N) is 1. The number of hydrogen-bond acceptors (Lipinski definition) is 5. The first-order valence-corrected chi connectivity index (χ1v) is 6.99. The zero-order chi connectivity index (χ0) is 17.5. The quantitative estimate of drug-likeness (QED) is 0.590. The molecule has 2 aromatic rings. The van der Waals surface area contributed by atoms with Crippen LogP contribution in [0.1, 0.15) is 5.56 Å². The van der Waals surface area contributed by atoms with E-state index in [0.29, 0.717) is 17.0 Å². The summed E-state index contributed by atoms with van der Waals surface area (Å²) in [5, 5.41) is 13.6. The second kappa shape index (κ2) is 7.73. The Balaban J connectivity index is 1.98. The maximum atomic E-state index is 12.0. The maximum absolute atomic E-state index is 12.0. The molecule has 0 saturated heterocycles. The van der Waals surface area contributed by atoms with E-state index in [0.717, 1.165) is 0 Å². The van der Waals surface area contributed by atoms with Gasteiger partial charge >= 0.3 is 0 Å². The van der Waals surface area contributed by atoms with Crippen LogP contribution in [0.2, 0.25) is 0 Å². The van der Waals surface area contributed by atoms with Crippen LogP contribution in [0.15, 0.2) is 48.5 Å². The molecule has 0 aromatic heterocycles. The van der Waals surface area contributed by atoms with Crippen LogP contribution < -0.4 is 15.8 Å². The zero-order valence-electron chi connectivity index (χ0n) is 12.6. The highest BCUT2D eigenvalue weighted by molar-refractivity contribution is 5.92. The van der Waals surface area contributed by atoms with Crippen molar-refractivity contribution in [2.45, 2.75) is 6.42 Å². The lowest BCUT2D eigenvalue weighted by Gasteiger charge is -2.07. The fourth-order valence-corrected chi connectivity index (χ4v) is 2.01. The van der Waals surface area contributed by atoms with Gasteiger partial charge < -0.3 is 15.8 Å². The Labute approximate surface area is 137 Å². The number of nitro groups is 1. The first-order chi connectivity index (χ1) is 11.5. The highest BCUT2D eigenvalue weighted by Crippen LogP contribution is 2.19. The largest absolute Gasteiger partial charge is 0.484 e. The molecule has 0 spiro atoms. The molecule has 2 amide bonds. The molecule has 0 atom stereocenters. The summed E-state index contributed by atoms with van der Waals surface area (Å²) in [5.74, 6) is -0.530. The maximum Gasteiger partial charge on any atom is 0.273 e. The molecule has 8 heteroatoms. The van der Waals surface area contributed by atoms with Gasteiger partial charge in [-0.05, 0) is 24.3 Å². The fourth-order valence-electron chi connectivity index (χ4n) is 2.01. The number of amides is 2. The molecular weight excluding hydrogens is 314 g/mol. The van der Waals surface area contributed by atoms with E-state index >= 15 is 0 Å². The van der Waals surface area contributed by atoms with Gasteiger partial charge in [0, 0.05) is 17.3 Å². The van der Waals surface area contributed by atoms with E-state index in [1.54, 1.807) is 42.5 Å². The molecule has 0 unspecified atom stereocenters. The number of hydrogen-bond donors (Lipinski definition) is 2. The van der Waals surface area contributed by atoms with Crippen LogP contribution in [-0.4, -0.2) is 23.3 Å². The van der Waals surface area contributed by atoms with Crippen LogP contribution in [0.4, 0.5) is 11.4 Å². The summed E-state index contributed by atoms with van der Waals surface area (Å²) in [6, 6.07) is 12.4. The standard InChI is InChI=1S/C16H15N3O5/c17-15(20)10-24-13-7-5-12(6-8-13)18-16(21)9-11-3-1-2-4-14(11)19(22)23/h1-8H,9-10H2,(H2,17,20)(H,18,21). The highest BCUT2D eigenvalue weighted by atomic mass is 16.6. The molecule has 0 heterocycles. The average molecular weight is 329 g/mol. The number of para-hydroxylation sites is 1. The summed E-state index contributed by atoms with van der Waals surface area (Å²) >= 11 is 0. The van der Waals surface area contributed by atoms with Gasteiger partial charge in [0.15, 0.2) is 6.61 Å². The third-order valence-corrected chi connectivity index (χ3v) is 3.06. The third kappa shape index (κ3) is 4.80. The van der Waals surface area contributed by atoms with Crippen molar-refractivity contribution in [2.75, 3.05) is 11.9 Å². The van der Waals surface area contributed by atoms with Crippen LogP contribution >= 0.6 is 0 Å². The second-order valence-corrected chi connectivity index (χ2v) is 4.89. The smallest absolute Gasteiger partial charge is 0.273 e. The van der Waals surface area contributed by atoms with Gasteiger partial charge in [-0.2, -0.15) is 0 Å². The van der Waals surface area contributed by atoms with Crippen LogP contribution in [0.25, 0.3) is 0 Å². The number of nitrogens with zero attached hydrogens (tertiary/aromatic N) is 1. The molecule has 8 nitrogen and oxygen atoms in total. The molecule has 24 heavy (non-hydrogen) atoms. The molecule has 0 saturated carbocycles. The summed E-state index contributed by atoms with van der Waals surface area (Å²) in [6.07, 6.45) is -0.114. The van der Waals surface area contributed by atoms with Gasteiger partial charge in [0.2, 0.25) is 5.91 Å². The Bertz CT molecular complexity index is 759. The van der Waals surface area contributed by atoms with E-state index in [4.69, 9.17) is 10.5 Å². The minimum absolute atomic E-state index is 0.0946. The van der Waals surface area contributed by atoms with E-state index in [-0.39, 0.29) is 24.6 Å². The van der Waals surface area contributed by atoms with Crippen molar-refractivity contribution in [3.8, 4) is 5.75 Å². The lowest BCUT2D eigenvalue weighted by Crippen LogP contribution is -2.20. The van der Waals surface area contributed by atoms with Crippen molar-refractivity contribution in [2.24, 2.45) is 5.73 Å². The second-order valence-electron chi connectivity index (χ2n) is 4.89. The van der Waals surface area contributed by atoms with Crippen molar-refractivity contribution >= 4 is 23.2 Å². The number of nitro benzene ring substituents is 1. The van der Waals surface area contributed by atoms with Crippen molar-refractivity contribution in [1.82, 2.24) is 0 Å². The zero-order valence-corrected chi connectivity index (χ0v) is 12.6. The Morgan fingerprint density at radius 2 is 1.79 bits per heavy atom. The number of carbonyl (C=O) groups is 2. The minimum Gasteiger partial charge on any atom is -0.484 e. The Hall–Kier alpha value is -3.42. The number of rotatable bonds is 7. The van der Waals surface area contributed by atoms with Gasteiger partial charge in [-0.3, -0.25) is 19.7 Å². The van der Waals surface area contributed by atoms with Crippen molar-refractivity contribution in [3.05, 3.63) is 64.2 Å². The normalized spacial score (nSPS) is 10.0. The first-order valence-electron chi connectivity index (χ1n) is 6.99. The lowest BCUT2D eigenvalue weighted by molar-refractivity contribution is -0.385. The molecule has 0 radical (unpaired) electrons. The van der Waals surface area contributed by atoms with E-state index in [9.17, 15) is 19.7 Å².